The lowest BCUT2D eigenvalue weighted by atomic mass is 9.96. The Kier molecular flexibility index (Phi) is 8.10. The van der Waals surface area contributed by atoms with Crippen molar-refractivity contribution in [3.63, 3.8) is 0 Å². The molecule has 3 nitrogen and oxygen atoms in total. The summed E-state index contributed by atoms with van der Waals surface area (Å²) in [5.74, 6) is 1.22. The van der Waals surface area contributed by atoms with E-state index in [0.29, 0.717) is 12.4 Å². The lowest BCUT2D eigenvalue weighted by Crippen LogP contribution is -2.19. The van der Waals surface area contributed by atoms with Gasteiger partial charge in [-0.3, -0.25) is 0 Å². The van der Waals surface area contributed by atoms with Gasteiger partial charge in [0.05, 0.1) is 0 Å². The van der Waals surface area contributed by atoms with Crippen molar-refractivity contribution in [2.24, 2.45) is 0 Å². The largest absolute Gasteiger partial charge is 0.508 e. The monoisotopic (exact) mass is 401 g/mol. The number of hydrogen-bond acceptors (Lipinski definition) is 3. The molecule has 0 radical (unpaired) electrons. The fraction of sp³-hybridized carbons (Fsp3) is 0.259. The highest BCUT2D eigenvalue weighted by Gasteiger charge is 2.04. The molecule has 0 spiro atoms. The molecular formula is C27H31NO2. The molecule has 0 saturated heterocycles. The van der Waals surface area contributed by atoms with E-state index in [1.807, 2.05) is 26.2 Å². The molecule has 156 valence electrons. The van der Waals surface area contributed by atoms with E-state index in [2.05, 4.69) is 65.6 Å². The summed E-state index contributed by atoms with van der Waals surface area (Å²) in [5, 5.41) is 9.55. The number of allylic oxidation sites excluding steroid dienone is 2. The Morgan fingerprint density at radius 1 is 0.800 bits per heavy atom. The molecule has 30 heavy (non-hydrogen) atoms. The summed E-state index contributed by atoms with van der Waals surface area (Å²) in [5.41, 5.74) is 5.16. The summed E-state index contributed by atoms with van der Waals surface area (Å²) in [6.45, 7) is 1.60. The molecule has 3 rings (SSSR count). The number of rotatable bonds is 10. The summed E-state index contributed by atoms with van der Waals surface area (Å²) in [6.07, 6.45) is 5.02. The zero-order valence-electron chi connectivity index (χ0n) is 17.9. The van der Waals surface area contributed by atoms with Crippen LogP contribution < -0.4 is 4.74 Å². The first-order valence-corrected chi connectivity index (χ1v) is 10.4. The van der Waals surface area contributed by atoms with Crippen LogP contribution in [0.15, 0.2) is 90.5 Å². The normalized spacial score (nSPS) is 11.6. The quantitative estimate of drug-likeness (QED) is 0.469. The van der Waals surface area contributed by atoms with Crippen molar-refractivity contribution in [2.45, 2.75) is 19.3 Å². The Labute approximate surface area is 180 Å². The Balaban J connectivity index is 1.66. The number of nitrogens with zero attached hydrogens (tertiary/aromatic N) is 1. The molecule has 0 aromatic heterocycles. The number of aromatic hydroxyl groups is 1. The zero-order chi connectivity index (χ0) is 21.2. The fourth-order valence-corrected chi connectivity index (χ4v) is 3.27. The molecule has 3 heteroatoms. The van der Waals surface area contributed by atoms with Gasteiger partial charge in [-0.15, -0.1) is 0 Å². The first-order chi connectivity index (χ1) is 14.6. The molecule has 0 unspecified atom stereocenters. The molecule has 0 aliphatic heterocycles. The average molecular weight is 402 g/mol. The third-order valence-electron chi connectivity index (χ3n) is 5.00. The van der Waals surface area contributed by atoms with Crippen LogP contribution >= 0.6 is 0 Å². The van der Waals surface area contributed by atoms with Gasteiger partial charge in [-0.1, -0.05) is 66.2 Å². The van der Waals surface area contributed by atoms with E-state index in [1.54, 1.807) is 12.1 Å². The minimum atomic E-state index is 0.306. The van der Waals surface area contributed by atoms with Crippen molar-refractivity contribution in [1.82, 2.24) is 4.90 Å². The number of hydrogen-bond donors (Lipinski definition) is 1. The van der Waals surface area contributed by atoms with Crippen LogP contribution in [0.25, 0.3) is 0 Å². The molecule has 0 atom stereocenters. The summed E-state index contributed by atoms with van der Waals surface area (Å²) < 4.78 is 5.79. The molecule has 0 aliphatic rings. The number of ether oxygens (including phenoxy) is 1. The summed E-state index contributed by atoms with van der Waals surface area (Å²) in [6, 6.07) is 26.4. The highest BCUT2D eigenvalue weighted by atomic mass is 16.5. The SMILES string of the molecule is CN(C)CCOc1ccc(CC=C(Cc2ccccc2)Cc2ccc(O)cc2)cc1. The van der Waals surface area contributed by atoms with E-state index in [9.17, 15) is 5.11 Å². The highest BCUT2D eigenvalue weighted by molar-refractivity contribution is 5.33. The average Bonchev–Trinajstić information content (AvgIpc) is 2.75. The Bertz CT molecular complexity index is 913. The second-order valence-electron chi connectivity index (χ2n) is 7.87. The summed E-state index contributed by atoms with van der Waals surface area (Å²) in [7, 11) is 4.09. The minimum Gasteiger partial charge on any atom is -0.508 e. The maximum Gasteiger partial charge on any atom is 0.119 e. The zero-order valence-corrected chi connectivity index (χ0v) is 17.9. The van der Waals surface area contributed by atoms with Gasteiger partial charge in [0.2, 0.25) is 0 Å². The van der Waals surface area contributed by atoms with Crippen LogP contribution in [0.1, 0.15) is 16.7 Å². The lowest BCUT2D eigenvalue weighted by molar-refractivity contribution is 0.261. The summed E-state index contributed by atoms with van der Waals surface area (Å²) in [4.78, 5) is 2.11. The van der Waals surface area contributed by atoms with Crippen LogP contribution in [0, 0.1) is 0 Å². The number of phenolic OH excluding ortho intramolecular Hbond substituents is 1. The van der Waals surface area contributed by atoms with E-state index in [0.717, 1.165) is 31.6 Å². The predicted molar refractivity (Wildman–Crippen MR) is 124 cm³/mol. The molecule has 0 saturated carbocycles. The molecule has 0 heterocycles. The molecule has 3 aromatic rings. The van der Waals surface area contributed by atoms with Crippen molar-refractivity contribution in [2.75, 3.05) is 27.2 Å². The lowest BCUT2D eigenvalue weighted by Gasteiger charge is -2.11. The Morgan fingerprint density at radius 3 is 2.03 bits per heavy atom. The topological polar surface area (TPSA) is 32.7 Å². The molecule has 0 fully saturated rings. The van der Waals surface area contributed by atoms with Crippen molar-refractivity contribution in [1.29, 1.82) is 0 Å². The van der Waals surface area contributed by atoms with Gasteiger partial charge in [0.1, 0.15) is 18.1 Å². The van der Waals surface area contributed by atoms with E-state index in [4.69, 9.17) is 4.74 Å². The van der Waals surface area contributed by atoms with Gasteiger partial charge in [0, 0.05) is 6.54 Å². The third-order valence-corrected chi connectivity index (χ3v) is 5.00. The second kappa shape index (κ2) is 11.2. The van der Waals surface area contributed by atoms with Crippen LogP contribution in [0.2, 0.25) is 0 Å². The van der Waals surface area contributed by atoms with Gasteiger partial charge in [0.15, 0.2) is 0 Å². The smallest absolute Gasteiger partial charge is 0.119 e. The molecule has 0 amide bonds. The molecule has 0 aliphatic carbocycles. The van der Waals surface area contributed by atoms with E-state index >= 15 is 0 Å². The van der Waals surface area contributed by atoms with Crippen LogP contribution in [0.5, 0.6) is 11.5 Å². The molecule has 0 bridgehead atoms. The third kappa shape index (κ3) is 7.41. The second-order valence-corrected chi connectivity index (χ2v) is 7.87. The van der Waals surface area contributed by atoms with E-state index in [-0.39, 0.29) is 0 Å². The Morgan fingerprint density at radius 2 is 1.40 bits per heavy atom. The fourth-order valence-electron chi connectivity index (χ4n) is 3.27. The first-order valence-electron chi connectivity index (χ1n) is 10.4. The van der Waals surface area contributed by atoms with Gasteiger partial charge in [0.25, 0.3) is 0 Å². The predicted octanol–water partition coefficient (Wildman–Crippen LogP) is 5.29. The number of phenols is 1. The van der Waals surface area contributed by atoms with Gasteiger partial charge >= 0.3 is 0 Å². The maximum absolute atomic E-state index is 9.55. The summed E-state index contributed by atoms with van der Waals surface area (Å²) >= 11 is 0. The van der Waals surface area contributed by atoms with Crippen LogP contribution in [-0.2, 0) is 19.3 Å². The van der Waals surface area contributed by atoms with E-state index < -0.39 is 0 Å². The Hall–Kier alpha value is -3.04. The minimum absolute atomic E-state index is 0.306. The molecule has 1 N–H and O–H groups in total. The van der Waals surface area contributed by atoms with Crippen LogP contribution in [0.4, 0.5) is 0 Å². The standard InChI is InChI=1S/C27H31NO2/c1-28(2)18-19-30-27-16-12-22(13-17-27)8-9-25(20-23-6-4-3-5-7-23)21-24-10-14-26(29)15-11-24/h3-7,9-17,29H,8,18-21H2,1-2H3. The van der Waals surface area contributed by atoms with Crippen molar-refractivity contribution >= 4 is 0 Å². The van der Waals surface area contributed by atoms with E-state index in [1.165, 1.54) is 22.3 Å². The van der Waals surface area contributed by atoms with Crippen molar-refractivity contribution < 1.29 is 9.84 Å². The van der Waals surface area contributed by atoms with Crippen molar-refractivity contribution in [3.8, 4) is 11.5 Å². The molecular weight excluding hydrogens is 370 g/mol. The first kappa shape index (κ1) is 21.7. The number of benzene rings is 3. The molecule has 3 aromatic carbocycles. The van der Waals surface area contributed by atoms with Gasteiger partial charge in [-0.25, -0.2) is 0 Å². The maximum atomic E-state index is 9.55. The van der Waals surface area contributed by atoms with Crippen molar-refractivity contribution in [3.05, 3.63) is 107 Å². The van der Waals surface area contributed by atoms with Crippen LogP contribution in [-0.4, -0.2) is 37.3 Å². The van der Waals surface area contributed by atoms with Gasteiger partial charge in [-0.2, -0.15) is 0 Å². The van der Waals surface area contributed by atoms with Gasteiger partial charge in [-0.05, 0) is 74.3 Å². The van der Waals surface area contributed by atoms with Gasteiger partial charge < -0.3 is 14.7 Å². The number of likely N-dealkylation sites (N-methyl/N-ethyl adjacent to an activating group) is 1. The highest BCUT2D eigenvalue weighted by Crippen LogP contribution is 2.19. The van der Waals surface area contributed by atoms with Crippen LogP contribution in [0.3, 0.4) is 0 Å².